The zero-order valence-corrected chi connectivity index (χ0v) is 13.4. The SMILES string of the molecule is O=C(OCc1nc2ccccc2n1C(F)F)c1nc(Cl)ccc1Cl. The highest BCUT2D eigenvalue weighted by molar-refractivity contribution is 6.34. The number of para-hydroxylation sites is 2. The third kappa shape index (κ3) is 3.18. The summed E-state index contributed by atoms with van der Waals surface area (Å²) in [6.07, 6.45) is 0. The van der Waals surface area contributed by atoms with E-state index in [9.17, 15) is 13.6 Å². The van der Waals surface area contributed by atoms with Crippen molar-refractivity contribution < 1.29 is 18.3 Å². The molecular weight excluding hydrogens is 363 g/mol. The average molecular weight is 372 g/mol. The third-order valence-electron chi connectivity index (χ3n) is 3.20. The van der Waals surface area contributed by atoms with E-state index in [2.05, 4.69) is 9.97 Å². The molecule has 1 aromatic carbocycles. The number of benzene rings is 1. The van der Waals surface area contributed by atoms with Crippen LogP contribution in [0.3, 0.4) is 0 Å². The Morgan fingerprint density at radius 3 is 2.67 bits per heavy atom. The molecule has 0 aliphatic heterocycles. The predicted molar refractivity (Wildman–Crippen MR) is 84.4 cm³/mol. The molecule has 0 atom stereocenters. The van der Waals surface area contributed by atoms with E-state index >= 15 is 0 Å². The molecule has 124 valence electrons. The third-order valence-corrected chi connectivity index (χ3v) is 3.72. The smallest absolute Gasteiger partial charge is 0.358 e. The molecule has 0 fully saturated rings. The number of carbonyl (C=O) groups excluding carboxylic acids is 1. The maximum Gasteiger partial charge on any atom is 0.358 e. The molecule has 0 N–H and O–H groups in total. The lowest BCUT2D eigenvalue weighted by atomic mass is 10.3. The molecule has 3 rings (SSSR count). The average Bonchev–Trinajstić information content (AvgIpc) is 2.93. The molecule has 2 heterocycles. The molecule has 0 bridgehead atoms. The summed E-state index contributed by atoms with van der Waals surface area (Å²) in [5.74, 6) is -0.965. The van der Waals surface area contributed by atoms with Gasteiger partial charge in [0, 0.05) is 0 Å². The summed E-state index contributed by atoms with van der Waals surface area (Å²) in [7, 11) is 0. The number of nitrogens with zero attached hydrogens (tertiary/aromatic N) is 3. The van der Waals surface area contributed by atoms with E-state index in [4.69, 9.17) is 27.9 Å². The van der Waals surface area contributed by atoms with Crippen LogP contribution in [0, 0.1) is 0 Å². The van der Waals surface area contributed by atoms with E-state index in [0.717, 1.165) is 0 Å². The molecule has 0 unspecified atom stereocenters. The van der Waals surface area contributed by atoms with Crippen LogP contribution in [0.15, 0.2) is 36.4 Å². The lowest BCUT2D eigenvalue weighted by Gasteiger charge is -2.09. The summed E-state index contributed by atoms with van der Waals surface area (Å²) < 4.78 is 32.3. The Kier molecular flexibility index (Phi) is 4.64. The molecule has 9 heteroatoms. The van der Waals surface area contributed by atoms with E-state index in [1.54, 1.807) is 18.2 Å². The Hall–Kier alpha value is -2.25. The number of esters is 1. The summed E-state index contributed by atoms with van der Waals surface area (Å²) in [4.78, 5) is 19.9. The van der Waals surface area contributed by atoms with Gasteiger partial charge in [-0.1, -0.05) is 35.3 Å². The fourth-order valence-electron chi connectivity index (χ4n) is 2.17. The first-order chi connectivity index (χ1) is 11.5. The molecule has 0 radical (unpaired) electrons. The van der Waals surface area contributed by atoms with Gasteiger partial charge in [0.25, 0.3) is 0 Å². The van der Waals surface area contributed by atoms with Crippen molar-refractivity contribution in [3.63, 3.8) is 0 Å². The Balaban J connectivity index is 1.86. The number of pyridine rings is 1. The number of fused-ring (bicyclic) bond motifs is 1. The van der Waals surface area contributed by atoms with Gasteiger partial charge in [-0.05, 0) is 24.3 Å². The van der Waals surface area contributed by atoms with Gasteiger partial charge in [-0.25, -0.2) is 14.8 Å². The monoisotopic (exact) mass is 371 g/mol. The second kappa shape index (κ2) is 6.70. The van der Waals surface area contributed by atoms with Crippen molar-refractivity contribution in [2.24, 2.45) is 0 Å². The summed E-state index contributed by atoms with van der Waals surface area (Å²) in [6.45, 7) is -3.28. The van der Waals surface area contributed by atoms with Gasteiger partial charge < -0.3 is 4.74 Å². The minimum absolute atomic E-state index is 0.0479. The summed E-state index contributed by atoms with van der Waals surface area (Å²) >= 11 is 11.6. The molecule has 24 heavy (non-hydrogen) atoms. The molecule has 0 saturated carbocycles. The topological polar surface area (TPSA) is 57.0 Å². The van der Waals surface area contributed by atoms with Crippen molar-refractivity contribution in [2.75, 3.05) is 0 Å². The van der Waals surface area contributed by atoms with Gasteiger partial charge in [-0.15, -0.1) is 0 Å². The molecule has 2 aromatic heterocycles. The van der Waals surface area contributed by atoms with Gasteiger partial charge in [-0.3, -0.25) is 4.57 Å². The molecule has 0 aliphatic rings. The van der Waals surface area contributed by atoms with Gasteiger partial charge >= 0.3 is 12.5 Å². The van der Waals surface area contributed by atoms with Crippen LogP contribution in [0.25, 0.3) is 11.0 Å². The van der Waals surface area contributed by atoms with Crippen molar-refractivity contribution in [1.29, 1.82) is 0 Å². The normalized spacial score (nSPS) is 11.2. The number of carbonyl (C=O) groups is 1. The van der Waals surface area contributed by atoms with Crippen molar-refractivity contribution >= 4 is 40.2 Å². The van der Waals surface area contributed by atoms with Crippen molar-refractivity contribution in [3.8, 4) is 0 Å². The molecule has 3 aromatic rings. The number of alkyl halides is 2. The van der Waals surface area contributed by atoms with Gasteiger partial charge in [0.1, 0.15) is 11.8 Å². The van der Waals surface area contributed by atoms with Gasteiger partial charge in [0.2, 0.25) is 0 Å². The van der Waals surface area contributed by atoms with Crippen molar-refractivity contribution in [1.82, 2.24) is 14.5 Å². The molecule has 5 nitrogen and oxygen atoms in total. The summed E-state index contributed by atoms with van der Waals surface area (Å²) in [6, 6.07) is 9.20. The Labute approximate surface area is 144 Å². The molecule has 0 saturated heterocycles. The van der Waals surface area contributed by atoms with E-state index in [1.807, 2.05) is 0 Å². The van der Waals surface area contributed by atoms with E-state index < -0.39 is 19.1 Å². The summed E-state index contributed by atoms with van der Waals surface area (Å²) in [5.41, 5.74) is 0.434. The maximum atomic E-state index is 13.3. The van der Waals surface area contributed by atoms with Gasteiger partial charge in [0.15, 0.2) is 11.5 Å². The fourth-order valence-corrected chi connectivity index (χ4v) is 2.50. The first-order valence-corrected chi connectivity index (χ1v) is 7.46. The maximum absolute atomic E-state index is 13.3. The van der Waals surface area contributed by atoms with Crippen molar-refractivity contribution in [3.05, 3.63) is 58.1 Å². The van der Waals surface area contributed by atoms with E-state index in [-0.39, 0.29) is 27.2 Å². The van der Waals surface area contributed by atoms with Crippen LogP contribution in [0.2, 0.25) is 10.2 Å². The highest BCUT2D eigenvalue weighted by atomic mass is 35.5. The lowest BCUT2D eigenvalue weighted by Crippen LogP contribution is -2.12. The van der Waals surface area contributed by atoms with Crippen molar-refractivity contribution in [2.45, 2.75) is 13.2 Å². The van der Waals surface area contributed by atoms with Crippen LogP contribution < -0.4 is 0 Å². The number of rotatable bonds is 4. The fraction of sp³-hybridized carbons (Fsp3) is 0.133. The highest BCUT2D eigenvalue weighted by Crippen LogP contribution is 2.24. The number of hydrogen-bond acceptors (Lipinski definition) is 4. The number of ether oxygens (including phenoxy) is 1. The van der Waals surface area contributed by atoms with Crippen LogP contribution in [0.4, 0.5) is 8.78 Å². The minimum atomic E-state index is -2.82. The Morgan fingerprint density at radius 2 is 1.92 bits per heavy atom. The first kappa shape index (κ1) is 16.6. The summed E-state index contributed by atoms with van der Waals surface area (Å²) in [5, 5.41) is 0.109. The Bertz CT molecular complexity index is 915. The molecule has 0 spiro atoms. The van der Waals surface area contributed by atoms with Crippen LogP contribution in [0.5, 0.6) is 0 Å². The Morgan fingerprint density at radius 1 is 1.17 bits per heavy atom. The number of aromatic nitrogens is 3. The first-order valence-electron chi connectivity index (χ1n) is 6.70. The van der Waals surface area contributed by atoms with E-state index in [1.165, 1.54) is 18.2 Å². The van der Waals surface area contributed by atoms with Crippen LogP contribution in [0.1, 0.15) is 22.9 Å². The highest BCUT2D eigenvalue weighted by Gasteiger charge is 2.20. The quantitative estimate of drug-likeness (QED) is 0.500. The van der Waals surface area contributed by atoms with Gasteiger partial charge in [-0.2, -0.15) is 8.78 Å². The minimum Gasteiger partial charge on any atom is -0.453 e. The lowest BCUT2D eigenvalue weighted by molar-refractivity contribution is 0.0382. The second-order valence-electron chi connectivity index (χ2n) is 4.70. The molecular formula is C15H9Cl2F2N3O2. The number of imidazole rings is 1. The van der Waals surface area contributed by atoms with Crippen LogP contribution in [-0.2, 0) is 11.3 Å². The zero-order valence-electron chi connectivity index (χ0n) is 11.9. The van der Waals surface area contributed by atoms with Crippen LogP contribution >= 0.6 is 23.2 Å². The molecule has 0 amide bonds. The predicted octanol–water partition coefficient (Wildman–Crippen LogP) is 4.49. The van der Waals surface area contributed by atoms with Gasteiger partial charge in [0.05, 0.1) is 16.1 Å². The standard InChI is InChI=1S/C15H9Cl2F2N3O2/c16-8-5-6-11(17)21-13(8)14(23)24-7-12-20-9-3-1-2-4-10(9)22(12)15(18)19/h1-6,15H,7H2. The molecule has 0 aliphatic carbocycles. The van der Waals surface area contributed by atoms with Crippen LogP contribution in [-0.4, -0.2) is 20.5 Å². The zero-order chi connectivity index (χ0) is 17.3. The number of hydrogen-bond donors (Lipinski definition) is 0. The number of halogens is 4. The largest absolute Gasteiger partial charge is 0.453 e. The van der Waals surface area contributed by atoms with E-state index in [0.29, 0.717) is 10.1 Å². The second-order valence-corrected chi connectivity index (χ2v) is 5.50.